The molecule has 1 saturated heterocycles. The second-order valence-corrected chi connectivity index (χ2v) is 3.91. The third kappa shape index (κ3) is 1.97. The molecule has 2 heteroatoms. The van der Waals surface area contributed by atoms with Crippen LogP contribution in [0, 0.1) is 0 Å². The fourth-order valence-electron chi connectivity index (χ4n) is 2.22. The van der Waals surface area contributed by atoms with Crippen LogP contribution < -0.4 is 5.73 Å². The highest BCUT2D eigenvalue weighted by atomic mass is 15.2. The van der Waals surface area contributed by atoms with E-state index in [2.05, 4.69) is 35.2 Å². The molecule has 0 spiro atoms. The van der Waals surface area contributed by atoms with Crippen molar-refractivity contribution < 1.29 is 0 Å². The number of benzene rings is 1. The maximum absolute atomic E-state index is 5.84. The lowest BCUT2D eigenvalue weighted by atomic mass is 10.1. The summed E-state index contributed by atoms with van der Waals surface area (Å²) < 4.78 is 0. The van der Waals surface area contributed by atoms with Crippen molar-refractivity contribution in [1.29, 1.82) is 0 Å². The molecule has 2 N–H and O–H groups in total. The summed E-state index contributed by atoms with van der Waals surface area (Å²) in [5.41, 5.74) is 7.20. The fourth-order valence-corrected chi connectivity index (χ4v) is 2.22. The van der Waals surface area contributed by atoms with Crippen molar-refractivity contribution >= 4 is 0 Å². The standard InChI is InChI=1S/C12H18N2/c13-10-12(14-8-4-5-9-14)11-6-2-1-3-7-11/h1-3,6-7,12H,4-5,8-10,13H2. The van der Waals surface area contributed by atoms with Crippen LogP contribution >= 0.6 is 0 Å². The van der Waals surface area contributed by atoms with Gasteiger partial charge in [-0.15, -0.1) is 0 Å². The third-order valence-corrected chi connectivity index (χ3v) is 2.99. The zero-order valence-electron chi connectivity index (χ0n) is 8.52. The molecule has 76 valence electrons. The molecule has 1 atom stereocenters. The van der Waals surface area contributed by atoms with Crippen molar-refractivity contribution in [2.75, 3.05) is 19.6 Å². The minimum Gasteiger partial charge on any atom is -0.329 e. The summed E-state index contributed by atoms with van der Waals surface area (Å²) in [7, 11) is 0. The van der Waals surface area contributed by atoms with Crippen molar-refractivity contribution in [3.63, 3.8) is 0 Å². The lowest BCUT2D eigenvalue weighted by Crippen LogP contribution is -2.31. The Morgan fingerprint density at radius 1 is 1.14 bits per heavy atom. The molecule has 1 heterocycles. The molecule has 2 nitrogen and oxygen atoms in total. The van der Waals surface area contributed by atoms with Gasteiger partial charge in [0.2, 0.25) is 0 Å². The molecule has 1 aliphatic heterocycles. The Bertz CT molecular complexity index is 265. The predicted molar refractivity (Wildman–Crippen MR) is 59.0 cm³/mol. The van der Waals surface area contributed by atoms with Crippen molar-refractivity contribution in [3.8, 4) is 0 Å². The molecule has 2 rings (SSSR count). The SMILES string of the molecule is NCC(c1ccccc1)N1CCCC1. The molecule has 1 fully saturated rings. The fraction of sp³-hybridized carbons (Fsp3) is 0.500. The number of likely N-dealkylation sites (tertiary alicyclic amines) is 1. The van der Waals surface area contributed by atoms with Gasteiger partial charge in [0.25, 0.3) is 0 Å². The lowest BCUT2D eigenvalue weighted by Gasteiger charge is -2.26. The monoisotopic (exact) mass is 190 g/mol. The lowest BCUT2D eigenvalue weighted by molar-refractivity contribution is 0.251. The van der Waals surface area contributed by atoms with E-state index in [-0.39, 0.29) is 0 Å². The molecule has 0 aliphatic carbocycles. The largest absolute Gasteiger partial charge is 0.329 e. The van der Waals surface area contributed by atoms with E-state index >= 15 is 0 Å². The number of rotatable bonds is 3. The van der Waals surface area contributed by atoms with Gasteiger partial charge in [0.15, 0.2) is 0 Å². The van der Waals surface area contributed by atoms with Crippen molar-refractivity contribution in [2.45, 2.75) is 18.9 Å². The molecule has 14 heavy (non-hydrogen) atoms. The van der Waals surface area contributed by atoms with E-state index in [4.69, 9.17) is 5.73 Å². The Morgan fingerprint density at radius 2 is 1.79 bits per heavy atom. The van der Waals surface area contributed by atoms with Crippen LogP contribution in [0.15, 0.2) is 30.3 Å². The van der Waals surface area contributed by atoms with E-state index in [9.17, 15) is 0 Å². The van der Waals surface area contributed by atoms with Crippen molar-refractivity contribution in [2.24, 2.45) is 5.73 Å². The van der Waals surface area contributed by atoms with Gasteiger partial charge < -0.3 is 5.73 Å². The Kier molecular flexibility index (Phi) is 3.17. The van der Waals surface area contributed by atoms with Crippen molar-refractivity contribution in [3.05, 3.63) is 35.9 Å². The van der Waals surface area contributed by atoms with E-state index in [0.29, 0.717) is 6.04 Å². The zero-order valence-corrected chi connectivity index (χ0v) is 8.52. The molecule has 1 aromatic carbocycles. The second-order valence-electron chi connectivity index (χ2n) is 3.91. The highest BCUT2D eigenvalue weighted by Gasteiger charge is 2.21. The topological polar surface area (TPSA) is 29.3 Å². The molecule has 1 aromatic rings. The van der Waals surface area contributed by atoms with Gasteiger partial charge in [-0.05, 0) is 31.5 Å². The normalized spacial score (nSPS) is 19.8. The first-order valence-electron chi connectivity index (χ1n) is 5.41. The van der Waals surface area contributed by atoms with Gasteiger partial charge in [0, 0.05) is 12.6 Å². The smallest absolute Gasteiger partial charge is 0.0470 e. The summed E-state index contributed by atoms with van der Waals surface area (Å²) in [5.74, 6) is 0. The van der Waals surface area contributed by atoms with Gasteiger partial charge in [-0.3, -0.25) is 4.90 Å². The molecule has 0 amide bonds. The molecule has 0 radical (unpaired) electrons. The van der Waals surface area contributed by atoms with Crippen LogP contribution in [0.25, 0.3) is 0 Å². The zero-order chi connectivity index (χ0) is 9.80. The molecule has 1 aliphatic rings. The maximum atomic E-state index is 5.84. The van der Waals surface area contributed by atoms with Gasteiger partial charge in [0.05, 0.1) is 0 Å². The van der Waals surface area contributed by atoms with Gasteiger partial charge in [-0.2, -0.15) is 0 Å². The summed E-state index contributed by atoms with van der Waals surface area (Å²) in [6, 6.07) is 11.0. The first-order valence-corrected chi connectivity index (χ1v) is 5.41. The Balaban J connectivity index is 2.12. The Hall–Kier alpha value is -0.860. The Labute approximate surface area is 85.7 Å². The summed E-state index contributed by atoms with van der Waals surface area (Å²) >= 11 is 0. The van der Waals surface area contributed by atoms with E-state index in [1.165, 1.54) is 31.5 Å². The summed E-state index contributed by atoms with van der Waals surface area (Å²) in [6.07, 6.45) is 2.65. The first-order chi connectivity index (χ1) is 6.92. The van der Waals surface area contributed by atoms with E-state index < -0.39 is 0 Å². The van der Waals surface area contributed by atoms with Gasteiger partial charge in [-0.25, -0.2) is 0 Å². The predicted octanol–water partition coefficient (Wildman–Crippen LogP) is 1.78. The average Bonchev–Trinajstić information content (AvgIpc) is 2.74. The number of hydrogen-bond donors (Lipinski definition) is 1. The third-order valence-electron chi connectivity index (χ3n) is 2.99. The minimum atomic E-state index is 0.429. The van der Waals surface area contributed by atoms with Crippen LogP contribution in [0.4, 0.5) is 0 Å². The number of nitrogens with zero attached hydrogens (tertiary/aromatic N) is 1. The summed E-state index contributed by atoms with van der Waals surface area (Å²) in [6.45, 7) is 3.14. The van der Waals surface area contributed by atoms with E-state index in [1.807, 2.05) is 0 Å². The highest BCUT2D eigenvalue weighted by molar-refractivity contribution is 5.19. The van der Waals surface area contributed by atoms with Crippen LogP contribution in [-0.4, -0.2) is 24.5 Å². The molecule has 0 saturated carbocycles. The van der Waals surface area contributed by atoms with Gasteiger partial charge in [0.1, 0.15) is 0 Å². The quantitative estimate of drug-likeness (QED) is 0.787. The van der Waals surface area contributed by atoms with Gasteiger partial charge >= 0.3 is 0 Å². The maximum Gasteiger partial charge on any atom is 0.0470 e. The first kappa shape index (κ1) is 9.69. The van der Waals surface area contributed by atoms with Crippen LogP contribution in [0.3, 0.4) is 0 Å². The van der Waals surface area contributed by atoms with E-state index in [0.717, 1.165) is 6.54 Å². The molecule has 0 bridgehead atoms. The van der Waals surface area contributed by atoms with Crippen LogP contribution in [-0.2, 0) is 0 Å². The average molecular weight is 190 g/mol. The van der Waals surface area contributed by atoms with Crippen LogP contribution in [0.1, 0.15) is 24.4 Å². The van der Waals surface area contributed by atoms with Crippen LogP contribution in [0.2, 0.25) is 0 Å². The van der Waals surface area contributed by atoms with E-state index in [1.54, 1.807) is 0 Å². The van der Waals surface area contributed by atoms with Gasteiger partial charge in [-0.1, -0.05) is 30.3 Å². The second kappa shape index (κ2) is 4.58. The molecule has 1 unspecified atom stereocenters. The van der Waals surface area contributed by atoms with Crippen molar-refractivity contribution in [1.82, 2.24) is 4.90 Å². The number of hydrogen-bond acceptors (Lipinski definition) is 2. The molecular weight excluding hydrogens is 172 g/mol. The molecule has 0 aromatic heterocycles. The highest BCUT2D eigenvalue weighted by Crippen LogP contribution is 2.23. The number of nitrogens with two attached hydrogens (primary N) is 1. The van der Waals surface area contributed by atoms with Crippen LogP contribution in [0.5, 0.6) is 0 Å². The summed E-state index contributed by atoms with van der Waals surface area (Å²) in [4.78, 5) is 2.50. The Morgan fingerprint density at radius 3 is 2.36 bits per heavy atom. The minimum absolute atomic E-state index is 0.429. The summed E-state index contributed by atoms with van der Waals surface area (Å²) in [5, 5.41) is 0. The molecular formula is C12H18N2.